The molecule has 0 radical (unpaired) electrons. The standard InChI is InChI=1S/C26H24ClN5O5/c1-17-15-20(10-11-21(17)37-22-5-3-4-13-28-22)29-24-30-25(34)31(14-12-23(33)36-2)26(35)32(24)16-18-6-8-19(27)9-7-18/h3-11,13,15H,12,14,16H2,1-2H3,(H,29,30,34). The number of H-pyrrole nitrogens is 1. The molecule has 0 unspecified atom stereocenters. The lowest BCUT2D eigenvalue weighted by atomic mass is 10.2. The number of hydrogen-bond donors (Lipinski definition) is 1. The fraction of sp³-hybridized carbons (Fsp3) is 0.192. The topological polar surface area (TPSA) is 121 Å². The van der Waals surface area contributed by atoms with E-state index >= 15 is 0 Å². The quantitative estimate of drug-likeness (QED) is 0.355. The number of nitrogens with one attached hydrogen (secondary N) is 1. The van der Waals surface area contributed by atoms with Crippen LogP contribution in [-0.2, 0) is 22.6 Å². The third kappa shape index (κ3) is 6.42. The molecule has 37 heavy (non-hydrogen) atoms. The number of aromatic amines is 1. The highest BCUT2D eigenvalue weighted by atomic mass is 35.5. The number of pyridine rings is 1. The van der Waals surface area contributed by atoms with E-state index in [1.807, 2.05) is 13.0 Å². The maximum Gasteiger partial charge on any atom is 0.335 e. The molecule has 1 N–H and O–H groups in total. The van der Waals surface area contributed by atoms with Crippen molar-refractivity contribution >= 4 is 23.3 Å². The van der Waals surface area contributed by atoms with E-state index in [2.05, 4.69) is 19.7 Å². The molecule has 2 aromatic heterocycles. The number of esters is 1. The molecule has 190 valence electrons. The van der Waals surface area contributed by atoms with Crippen LogP contribution in [0.2, 0.25) is 5.02 Å². The molecule has 10 nitrogen and oxygen atoms in total. The first-order chi connectivity index (χ1) is 17.8. The molecule has 4 rings (SSSR count). The summed E-state index contributed by atoms with van der Waals surface area (Å²) in [7, 11) is 1.24. The van der Waals surface area contributed by atoms with Crippen LogP contribution in [0.4, 0.5) is 5.69 Å². The Bertz CT molecular complexity index is 1590. The molecular formula is C26H24ClN5O5. The predicted molar refractivity (Wildman–Crippen MR) is 137 cm³/mol. The maximum atomic E-state index is 13.3. The summed E-state index contributed by atoms with van der Waals surface area (Å²) in [4.78, 5) is 49.1. The second-order valence-corrected chi connectivity index (χ2v) is 8.49. The van der Waals surface area contributed by atoms with Gasteiger partial charge in [-0.05, 0) is 54.4 Å². The van der Waals surface area contributed by atoms with Crippen LogP contribution in [0.15, 0.2) is 81.4 Å². The SMILES string of the molecule is COC(=O)CCn1c(=O)[nH]/c(=N\c2ccc(Oc3ccccn3)c(C)c2)n(Cc2ccc(Cl)cc2)c1=O. The summed E-state index contributed by atoms with van der Waals surface area (Å²) in [5, 5.41) is 0.555. The highest BCUT2D eigenvalue weighted by Gasteiger charge is 2.12. The zero-order chi connectivity index (χ0) is 26.4. The van der Waals surface area contributed by atoms with Crippen molar-refractivity contribution in [2.75, 3.05) is 7.11 Å². The Kier molecular flexibility index (Phi) is 7.99. The normalized spacial score (nSPS) is 11.4. The van der Waals surface area contributed by atoms with Gasteiger partial charge in [0.05, 0.1) is 25.8 Å². The summed E-state index contributed by atoms with van der Waals surface area (Å²) in [5.74, 6) is 0.516. The monoisotopic (exact) mass is 521 g/mol. The third-order valence-electron chi connectivity index (χ3n) is 5.45. The first-order valence-corrected chi connectivity index (χ1v) is 11.7. The van der Waals surface area contributed by atoms with E-state index in [0.29, 0.717) is 22.3 Å². The highest BCUT2D eigenvalue weighted by molar-refractivity contribution is 6.30. The number of benzene rings is 2. The fourth-order valence-electron chi connectivity index (χ4n) is 3.52. The number of carbonyl (C=O) groups is 1. The smallest absolute Gasteiger partial charge is 0.335 e. The first-order valence-electron chi connectivity index (χ1n) is 11.3. The van der Waals surface area contributed by atoms with Crippen LogP contribution in [0.25, 0.3) is 0 Å². The molecule has 0 aliphatic rings. The molecule has 0 saturated heterocycles. The number of nitrogens with zero attached hydrogens (tertiary/aromatic N) is 4. The van der Waals surface area contributed by atoms with Gasteiger partial charge in [0.15, 0.2) is 0 Å². The average Bonchev–Trinajstić information content (AvgIpc) is 2.89. The minimum absolute atomic E-state index is 0.0528. The van der Waals surface area contributed by atoms with Gasteiger partial charge in [0.25, 0.3) is 0 Å². The summed E-state index contributed by atoms with van der Waals surface area (Å²) < 4.78 is 12.7. The molecule has 0 atom stereocenters. The lowest BCUT2D eigenvalue weighted by Gasteiger charge is -2.11. The van der Waals surface area contributed by atoms with E-state index < -0.39 is 17.3 Å². The van der Waals surface area contributed by atoms with E-state index in [1.54, 1.807) is 60.8 Å². The van der Waals surface area contributed by atoms with Crippen LogP contribution < -0.4 is 21.7 Å². The molecule has 0 bridgehead atoms. The van der Waals surface area contributed by atoms with Gasteiger partial charge in [-0.1, -0.05) is 29.8 Å². The molecule has 4 aromatic rings. The van der Waals surface area contributed by atoms with Gasteiger partial charge in [0.2, 0.25) is 11.5 Å². The molecule has 0 aliphatic heterocycles. The van der Waals surface area contributed by atoms with Crippen molar-refractivity contribution in [1.29, 1.82) is 0 Å². The average molecular weight is 522 g/mol. The van der Waals surface area contributed by atoms with Crippen molar-refractivity contribution < 1.29 is 14.3 Å². The van der Waals surface area contributed by atoms with Gasteiger partial charge in [0, 0.05) is 23.8 Å². The van der Waals surface area contributed by atoms with Crippen LogP contribution in [0.5, 0.6) is 11.6 Å². The molecule has 0 spiro atoms. The Hall–Kier alpha value is -4.44. The highest BCUT2D eigenvalue weighted by Crippen LogP contribution is 2.27. The molecule has 0 amide bonds. The zero-order valence-electron chi connectivity index (χ0n) is 20.2. The van der Waals surface area contributed by atoms with Crippen molar-refractivity contribution in [2.45, 2.75) is 26.4 Å². The number of halogens is 1. The van der Waals surface area contributed by atoms with Crippen molar-refractivity contribution in [3.8, 4) is 11.6 Å². The van der Waals surface area contributed by atoms with E-state index in [-0.39, 0.29) is 25.1 Å². The van der Waals surface area contributed by atoms with E-state index in [9.17, 15) is 14.4 Å². The molecule has 0 aliphatic carbocycles. The Labute approximate surface area is 216 Å². The molecular weight excluding hydrogens is 498 g/mol. The summed E-state index contributed by atoms with van der Waals surface area (Å²) >= 11 is 6.00. The third-order valence-corrected chi connectivity index (χ3v) is 5.70. The Morgan fingerprint density at radius 3 is 2.54 bits per heavy atom. The summed E-state index contributed by atoms with van der Waals surface area (Å²) in [6.45, 7) is 1.83. The molecule has 0 saturated carbocycles. The van der Waals surface area contributed by atoms with Crippen molar-refractivity contribution in [2.24, 2.45) is 4.99 Å². The predicted octanol–water partition coefficient (Wildman–Crippen LogP) is 3.33. The van der Waals surface area contributed by atoms with Crippen LogP contribution >= 0.6 is 11.6 Å². The van der Waals surface area contributed by atoms with Crippen molar-refractivity contribution in [1.82, 2.24) is 19.1 Å². The van der Waals surface area contributed by atoms with Crippen LogP contribution in [0.3, 0.4) is 0 Å². The Morgan fingerprint density at radius 1 is 1.08 bits per heavy atom. The fourth-order valence-corrected chi connectivity index (χ4v) is 3.65. The molecule has 11 heteroatoms. The van der Waals surface area contributed by atoms with Gasteiger partial charge < -0.3 is 9.47 Å². The molecule has 0 fully saturated rings. The van der Waals surface area contributed by atoms with Gasteiger partial charge >= 0.3 is 17.3 Å². The summed E-state index contributed by atoms with van der Waals surface area (Å²) in [6, 6.07) is 17.5. The van der Waals surface area contributed by atoms with Gasteiger partial charge in [-0.3, -0.25) is 14.3 Å². The maximum absolute atomic E-state index is 13.3. The van der Waals surface area contributed by atoms with Crippen molar-refractivity contribution in [3.63, 3.8) is 0 Å². The van der Waals surface area contributed by atoms with Gasteiger partial charge in [-0.25, -0.2) is 24.1 Å². The lowest BCUT2D eigenvalue weighted by molar-refractivity contribution is -0.140. The number of aryl methyl sites for hydroxylation is 1. The number of methoxy groups -OCH3 is 1. The van der Waals surface area contributed by atoms with Gasteiger partial charge in [-0.2, -0.15) is 0 Å². The van der Waals surface area contributed by atoms with Gasteiger partial charge in [0.1, 0.15) is 5.75 Å². The van der Waals surface area contributed by atoms with Crippen LogP contribution in [0, 0.1) is 6.92 Å². The van der Waals surface area contributed by atoms with Crippen LogP contribution in [-0.4, -0.2) is 32.2 Å². The van der Waals surface area contributed by atoms with Crippen molar-refractivity contribution in [3.05, 3.63) is 110 Å². The number of hydrogen-bond acceptors (Lipinski definition) is 7. The second-order valence-electron chi connectivity index (χ2n) is 8.06. The zero-order valence-corrected chi connectivity index (χ0v) is 20.9. The second kappa shape index (κ2) is 11.5. The number of ether oxygens (including phenoxy) is 2. The largest absolute Gasteiger partial charge is 0.469 e. The number of rotatable bonds is 8. The minimum Gasteiger partial charge on any atom is -0.469 e. The number of aromatic nitrogens is 4. The lowest BCUT2D eigenvalue weighted by Crippen LogP contribution is -2.50. The Balaban J connectivity index is 1.76. The molecule has 2 heterocycles. The van der Waals surface area contributed by atoms with Crippen LogP contribution in [0.1, 0.15) is 17.5 Å². The summed E-state index contributed by atoms with van der Waals surface area (Å²) in [5.41, 5.74) is 0.796. The van der Waals surface area contributed by atoms with E-state index in [4.69, 9.17) is 16.3 Å². The minimum atomic E-state index is -0.688. The Morgan fingerprint density at radius 2 is 1.86 bits per heavy atom. The number of carbonyl (C=O) groups excluding carboxylic acids is 1. The first kappa shape index (κ1) is 25.6. The van der Waals surface area contributed by atoms with Gasteiger partial charge in [-0.15, -0.1) is 0 Å². The van der Waals surface area contributed by atoms with E-state index in [0.717, 1.165) is 15.7 Å². The molecule has 2 aromatic carbocycles. The van der Waals surface area contributed by atoms with E-state index in [1.165, 1.54) is 11.7 Å². The summed E-state index contributed by atoms with van der Waals surface area (Å²) in [6.07, 6.45) is 1.51.